The molecule has 2 heterocycles. The molecule has 1 atom stereocenters. The van der Waals surface area contributed by atoms with Gasteiger partial charge in [0.05, 0.1) is 6.04 Å². The molecular formula is C18H27NS2. The molecule has 0 amide bonds. The number of hydrogen-bond donors (Lipinski definition) is 1. The highest BCUT2D eigenvalue weighted by Crippen LogP contribution is 2.37. The summed E-state index contributed by atoms with van der Waals surface area (Å²) in [5, 5.41) is 3.73. The summed E-state index contributed by atoms with van der Waals surface area (Å²) in [6.07, 6.45) is 1.16. The molecule has 0 saturated heterocycles. The van der Waals surface area contributed by atoms with Gasteiger partial charge in [0.25, 0.3) is 0 Å². The lowest BCUT2D eigenvalue weighted by Crippen LogP contribution is -2.21. The summed E-state index contributed by atoms with van der Waals surface area (Å²) in [5.41, 5.74) is 1.64. The lowest BCUT2D eigenvalue weighted by molar-refractivity contribution is 0.603. The minimum absolute atomic E-state index is 0.236. The van der Waals surface area contributed by atoms with Gasteiger partial charge in [-0.05, 0) is 56.0 Å². The molecule has 0 saturated carbocycles. The average molecular weight is 322 g/mol. The van der Waals surface area contributed by atoms with Gasteiger partial charge in [0.2, 0.25) is 0 Å². The largest absolute Gasteiger partial charge is 0.305 e. The molecule has 2 rings (SSSR count). The van der Waals surface area contributed by atoms with E-state index in [9.17, 15) is 0 Å². The smallest absolute Gasteiger partial charge is 0.0765 e. The molecule has 116 valence electrons. The number of hydrogen-bond acceptors (Lipinski definition) is 3. The third kappa shape index (κ3) is 3.97. The SMILES string of the molecule is CCCNC(c1ccc(C(C)(C)C)s1)c1cc(C)c(C)s1. The van der Waals surface area contributed by atoms with E-state index in [1.54, 1.807) is 0 Å². The zero-order valence-corrected chi connectivity index (χ0v) is 15.7. The van der Waals surface area contributed by atoms with Gasteiger partial charge in [-0.15, -0.1) is 22.7 Å². The Morgan fingerprint density at radius 2 is 1.81 bits per heavy atom. The molecule has 0 bridgehead atoms. The van der Waals surface area contributed by atoms with Crippen LogP contribution in [0.25, 0.3) is 0 Å². The highest BCUT2D eigenvalue weighted by molar-refractivity contribution is 7.13. The van der Waals surface area contributed by atoms with Crippen LogP contribution in [0, 0.1) is 13.8 Å². The number of aryl methyl sites for hydroxylation is 2. The van der Waals surface area contributed by atoms with Crippen molar-refractivity contribution in [1.82, 2.24) is 5.32 Å². The topological polar surface area (TPSA) is 12.0 Å². The van der Waals surface area contributed by atoms with E-state index in [0.29, 0.717) is 6.04 Å². The summed E-state index contributed by atoms with van der Waals surface area (Å²) in [6, 6.07) is 7.31. The Labute approximate surface area is 137 Å². The van der Waals surface area contributed by atoms with Crippen molar-refractivity contribution in [3.05, 3.63) is 43.3 Å². The Morgan fingerprint density at radius 1 is 1.10 bits per heavy atom. The first-order chi connectivity index (χ1) is 9.82. The predicted molar refractivity (Wildman–Crippen MR) is 96.9 cm³/mol. The molecule has 2 aromatic rings. The Hall–Kier alpha value is -0.640. The van der Waals surface area contributed by atoms with Crippen LogP contribution < -0.4 is 5.32 Å². The first-order valence-electron chi connectivity index (χ1n) is 7.73. The van der Waals surface area contributed by atoms with E-state index in [2.05, 4.69) is 65.1 Å². The molecule has 0 aliphatic heterocycles. The normalized spacial score (nSPS) is 13.6. The highest BCUT2D eigenvalue weighted by atomic mass is 32.1. The van der Waals surface area contributed by atoms with Crippen molar-refractivity contribution in [2.45, 2.75) is 59.4 Å². The number of rotatable bonds is 5. The lowest BCUT2D eigenvalue weighted by atomic mass is 9.95. The van der Waals surface area contributed by atoms with Gasteiger partial charge in [0, 0.05) is 19.5 Å². The van der Waals surface area contributed by atoms with E-state index >= 15 is 0 Å². The summed E-state index contributed by atoms with van der Waals surface area (Å²) >= 11 is 3.88. The average Bonchev–Trinajstić information content (AvgIpc) is 2.98. The number of thiophene rings is 2. The molecule has 0 aliphatic rings. The molecule has 3 heteroatoms. The molecule has 1 N–H and O–H groups in total. The minimum Gasteiger partial charge on any atom is -0.305 e. The maximum atomic E-state index is 3.73. The van der Waals surface area contributed by atoms with Gasteiger partial charge in [-0.2, -0.15) is 0 Å². The van der Waals surface area contributed by atoms with Crippen LogP contribution in [0.15, 0.2) is 18.2 Å². The van der Waals surface area contributed by atoms with Gasteiger partial charge >= 0.3 is 0 Å². The summed E-state index contributed by atoms with van der Waals surface area (Å²) in [7, 11) is 0. The van der Waals surface area contributed by atoms with Crippen LogP contribution in [0.3, 0.4) is 0 Å². The molecule has 1 nitrogen and oxygen atoms in total. The molecule has 0 fully saturated rings. The summed E-state index contributed by atoms with van der Waals surface area (Å²) < 4.78 is 0. The van der Waals surface area contributed by atoms with Crippen molar-refractivity contribution in [2.24, 2.45) is 0 Å². The standard InChI is InChI=1S/C18H27NS2/c1-7-10-19-17(15-11-12(2)13(3)20-15)14-8-9-16(21-14)18(4,5)6/h8-9,11,17,19H,7,10H2,1-6H3. The minimum atomic E-state index is 0.236. The van der Waals surface area contributed by atoms with Crippen LogP contribution in [-0.4, -0.2) is 6.54 Å². The maximum absolute atomic E-state index is 3.73. The van der Waals surface area contributed by atoms with Gasteiger partial charge in [-0.25, -0.2) is 0 Å². The Kier molecular flexibility index (Phi) is 5.29. The van der Waals surface area contributed by atoms with Gasteiger partial charge in [-0.3, -0.25) is 0 Å². The fourth-order valence-electron chi connectivity index (χ4n) is 2.29. The zero-order chi connectivity index (χ0) is 15.6. The second kappa shape index (κ2) is 6.64. The fraction of sp³-hybridized carbons (Fsp3) is 0.556. The second-order valence-electron chi connectivity index (χ2n) is 6.73. The molecule has 21 heavy (non-hydrogen) atoms. The molecule has 1 unspecified atom stereocenters. The quantitative estimate of drug-likeness (QED) is 0.732. The molecule has 0 aliphatic carbocycles. The van der Waals surface area contributed by atoms with Crippen LogP contribution >= 0.6 is 22.7 Å². The summed E-state index contributed by atoms with van der Waals surface area (Å²) in [6.45, 7) is 14.6. The van der Waals surface area contributed by atoms with Crippen molar-refractivity contribution < 1.29 is 0 Å². The van der Waals surface area contributed by atoms with E-state index in [-0.39, 0.29) is 5.41 Å². The molecule has 0 spiro atoms. The van der Waals surface area contributed by atoms with Gasteiger partial charge < -0.3 is 5.32 Å². The predicted octanol–water partition coefficient (Wildman–Crippen LogP) is 5.81. The van der Waals surface area contributed by atoms with E-state index in [0.717, 1.165) is 13.0 Å². The van der Waals surface area contributed by atoms with Gasteiger partial charge in [0.15, 0.2) is 0 Å². The van der Waals surface area contributed by atoms with Crippen LogP contribution in [0.5, 0.6) is 0 Å². The third-order valence-corrected chi connectivity index (χ3v) is 6.51. The summed E-state index contributed by atoms with van der Waals surface area (Å²) in [4.78, 5) is 5.78. The van der Waals surface area contributed by atoms with Crippen molar-refractivity contribution in [2.75, 3.05) is 6.54 Å². The highest BCUT2D eigenvalue weighted by Gasteiger charge is 2.22. The van der Waals surface area contributed by atoms with E-state index in [1.165, 1.54) is 25.1 Å². The fourth-order valence-corrected chi connectivity index (χ4v) is 4.66. The van der Waals surface area contributed by atoms with Gasteiger partial charge in [-0.1, -0.05) is 27.7 Å². The first kappa shape index (κ1) is 16.7. The Balaban J connectivity index is 2.33. The summed E-state index contributed by atoms with van der Waals surface area (Å²) in [5.74, 6) is 0. The van der Waals surface area contributed by atoms with Gasteiger partial charge in [0.1, 0.15) is 0 Å². The monoisotopic (exact) mass is 321 g/mol. The Morgan fingerprint density at radius 3 is 2.29 bits per heavy atom. The maximum Gasteiger partial charge on any atom is 0.0765 e. The molecule has 0 aromatic carbocycles. The van der Waals surface area contributed by atoms with E-state index < -0.39 is 0 Å². The lowest BCUT2D eigenvalue weighted by Gasteiger charge is -2.18. The third-order valence-electron chi connectivity index (χ3n) is 3.72. The van der Waals surface area contributed by atoms with Crippen molar-refractivity contribution in [3.63, 3.8) is 0 Å². The van der Waals surface area contributed by atoms with E-state index in [4.69, 9.17) is 0 Å². The van der Waals surface area contributed by atoms with E-state index in [1.807, 2.05) is 22.7 Å². The van der Waals surface area contributed by atoms with Crippen molar-refractivity contribution >= 4 is 22.7 Å². The van der Waals surface area contributed by atoms with Crippen LogP contribution in [-0.2, 0) is 5.41 Å². The Bertz CT molecular complexity index is 567. The molecular weight excluding hydrogens is 294 g/mol. The second-order valence-corrected chi connectivity index (χ2v) is 9.13. The molecule has 2 aromatic heterocycles. The van der Waals surface area contributed by atoms with Crippen LogP contribution in [0.1, 0.15) is 65.2 Å². The zero-order valence-electron chi connectivity index (χ0n) is 14.0. The van der Waals surface area contributed by atoms with Crippen LogP contribution in [0.4, 0.5) is 0 Å². The van der Waals surface area contributed by atoms with Crippen molar-refractivity contribution in [3.8, 4) is 0 Å². The number of nitrogens with one attached hydrogen (secondary N) is 1. The van der Waals surface area contributed by atoms with Crippen LogP contribution in [0.2, 0.25) is 0 Å². The van der Waals surface area contributed by atoms with Crippen molar-refractivity contribution in [1.29, 1.82) is 0 Å². The molecule has 0 radical (unpaired) electrons. The first-order valence-corrected chi connectivity index (χ1v) is 9.36.